The maximum atomic E-state index is 13.8. The molecule has 0 aromatic heterocycles. The Morgan fingerprint density at radius 3 is 2.84 bits per heavy atom. The fourth-order valence-corrected chi connectivity index (χ4v) is 3.26. The highest BCUT2D eigenvalue weighted by Gasteiger charge is 2.24. The maximum absolute atomic E-state index is 13.8. The second-order valence-electron chi connectivity index (χ2n) is 5.13. The van der Waals surface area contributed by atoms with Gasteiger partial charge in [0.05, 0.1) is 11.9 Å². The van der Waals surface area contributed by atoms with Crippen molar-refractivity contribution in [1.82, 2.24) is 4.72 Å². The van der Waals surface area contributed by atoms with Crippen LogP contribution in [0.2, 0.25) is 0 Å². The molecule has 6 heteroatoms. The molecule has 0 saturated carbocycles. The van der Waals surface area contributed by atoms with Crippen molar-refractivity contribution in [3.8, 4) is 0 Å². The van der Waals surface area contributed by atoms with Gasteiger partial charge < -0.3 is 4.90 Å². The minimum absolute atomic E-state index is 0.149. The molecule has 0 spiro atoms. The lowest BCUT2D eigenvalue weighted by Crippen LogP contribution is -2.47. The van der Waals surface area contributed by atoms with Crippen LogP contribution >= 0.6 is 0 Å². The number of nitrogens with one attached hydrogen (secondary N) is 1. The molecule has 4 nitrogen and oxygen atoms in total. The van der Waals surface area contributed by atoms with Crippen LogP contribution in [0.4, 0.5) is 10.1 Å². The molecule has 0 amide bonds. The summed E-state index contributed by atoms with van der Waals surface area (Å²) in [5, 5.41) is 0. The topological polar surface area (TPSA) is 49.4 Å². The van der Waals surface area contributed by atoms with Gasteiger partial charge in [0.15, 0.2) is 0 Å². The summed E-state index contributed by atoms with van der Waals surface area (Å²) in [5.41, 5.74) is 1.55. The van der Waals surface area contributed by atoms with Gasteiger partial charge in [-0.25, -0.2) is 17.5 Å². The molecule has 0 bridgehead atoms. The highest BCUT2D eigenvalue weighted by molar-refractivity contribution is 7.88. The number of anilines is 1. The Balaban J connectivity index is 2.15. The Kier molecular flexibility index (Phi) is 4.10. The summed E-state index contributed by atoms with van der Waals surface area (Å²) in [6.07, 6.45) is 2.79. The van der Waals surface area contributed by atoms with Crippen LogP contribution in [0, 0.1) is 12.7 Å². The fourth-order valence-electron chi connectivity index (χ4n) is 2.46. The Morgan fingerprint density at radius 2 is 2.16 bits per heavy atom. The third-order valence-electron chi connectivity index (χ3n) is 3.24. The standard InChI is InChI=1S/C13H19FN2O2S/c1-10-5-6-12(14)13(8-10)16-7-3-4-11(9-16)15-19(2,17)18/h5-6,8,11,15H,3-4,7,9H2,1-2H3/t11-/m1/s1. The molecule has 19 heavy (non-hydrogen) atoms. The van der Waals surface area contributed by atoms with E-state index in [4.69, 9.17) is 0 Å². The lowest BCUT2D eigenvalue weighted by molar-refractivity contribution is 0.463. The van der Waals surface area contributed by atoms with E-state index in [0.29, 0.717) is 12.2 Å². The Bertz CT molecular complexity index is 560. The normalized spacial score (nSPS) is 20.6. The summed E-state index contributed by atoms with van der Waals surface area (Å²) in [5.74, 6) is -0.259. The van der Waals surface area contributed by atoms with Gasteiger partial charge >= 0.3 is 0 Å². The van der Waals surface area contributed by atoms with Crippen LogP contribution in [-0.4, -0.2) is 33.8 Å². The van der Waals surface area contributed by atoms with Crippen molar-refractivity contribution in [2.75, 3.05) is 24.2 Å². The van der Waals surface area contributed by atoms with Crippen molar-refractivity contribution < 1.29 is 12.8 Å². The van der Waals surface area contributed by atoms with E-state index < -0.39 is 10.0 Å². The van der Waals surface area contributed by atoms with Crippen LogP contribution in [0.25, 0.3) is 0 Å². The highest BCUT2D eigenvalue weighted by Crippen LogP contribution is 2.24. The predicted octanol–water partition coefficient (Wildman–Crippen LogP) is 1.65. The van der Waals surface area contributed by atoms with E-state index >= 15 is 0 Å². The van der Waals surface area contributed by atoms with Crippen LogP contribution in [-0.2, 0) is 10.0 Å². The molecule has 0 unspecified atom stereocenters. The molecule has 0 aliphatic carbocycles. The molecule has 1 aliphatic rings. The molecule has 1 fully saturated rings. The summed E-state index contributed by atoms with van der Waals surface area (Å²) in [7, 11) is -3.22. The molecular weight excluding hydrogens is 267 g/mol. The molecule has 1 heterocycles. The van der Waals surface area contributed by atoms with Crippen molar-refractivity contribution in [2.45, 2.75) is 25.8 Å². The third-order valence-corrected chi connectivity index (χ3v) is 4.01. The number of benzene rings is 1. The first-order valence-electron chi connectivity index (χ1n) is 6.33. The number of halogens is 1. The number of piperidine rings is 1. The van der Waals surface area contributed by atoms with Crippen molar-refractivity contribution in [3.05, 3.63) is 29.6 Å². The van der Waals surface area contributed by atoms with Crippen molar-refractivity contribution in [1.29, 1.82) is 0 Å². The first-order chi connectivity index (χ1) is 8.85. The van der Waals surface area contributed by atoms with E-state index in [-0.39, 0.29) is 11.9 Å². The van der Waals surface area contributed by atoms with Crippen LogP contribution in [0.5, 0.6) is 0 Å². The Labute approximate surface area is 113 Å². The van der Waals surface area contributed by atoms with Gasteiger partial charge in [0.2, 0.25) is 10.0 Å². The summed E-state index contributed by atoms with van der Waals surface area (Å²) in [4.78, 5) is 1.91. The molecule has 0 radical (unpaired) electrons. The molecule has 1 aliphatic heterocycles. The number of rotatable bonds is 3. The molecule has 1 aromatic rings. The van der Waals surface area contributed by atoms with Gasteiger partial charge in [0, 0.05) is 19.1 Å². The average Bonchev–Trinajstić information content (AvgIpc) is 2.30. The minimum Gasteiger partial charge on any atom is -0.368 e. The Morgan fingerprint density at radius 1 is 1.42 bits per heavy atom. The molecule has 106 valence electrons. The van der Waals surface area contributed by atoms with Crippen molar-refractivity contribution in [2.24, 2.45) is 0 Å². The highest BCUT2D eigenvalue weighted by atomic mass is 32.2. The van der Waals surface area contributed by atoms with Crippen molar-refractivity contribution >= 4 is 15.7 Å². The first kappa shape index (κ1) is 14.3. The minimum atomic E-state index is -3.22. The van der Waals surface area contributed by atoms with E-state index in [2.05, 4.69) is 4.72 Å². The van der Waals surface area contributed by atoms with E-state index in [1.807, 2.05) is 11.8 Å². The number of nitrogens with zero attached hydrogens (tertiary/aromatic N) is 1. The van der Waals surface area contributed by atoms with E-state index in [1.165, 1.54) is 6.07 Å². The summed E-state index contributed by atoms with van der Waals surface area (Å²) < 4.78 is 39.0. The zero-order valence-electron chi connectivity index (χ0n) is 11.2. The molecule has 1 saturated heterocycles. The first-order valence-corrected chi connectivity index (χ1v) is 8.23. The second-order valence-corrected chi connectivity index (χ2v) is 6.91. The van der Waals surface area contributed by atoms with Gasteiger partial charge in [-0.05, 0) is 37.5 Å². The number of sulfonamides is 1. The van der Waals surface area contributed by atoms with Crippen LogP contribution in [0.3, 0.4) is 0 Å². The predicted molar refractivity (Wildman–Crippen MR) is 74.4 cm³/mol. The average molecular weight is 286 g/mol. The zero-order chi connectivity index (χ0) is 14.0. The zero-order valence-corrected chi connectivity index (χ0v) is 12.0. The lowest BCUT2D eigenvalue weighted by Gasteiger charge is -2.34. The molecular formula is C13H19FN2O2S. The third kappa shape index (κ3) is 3.91. The molecule has 1 atom stereocenters. The monoisotopic (exact) mass is 286 g/mol. The largest absolute Gasteiger partial charge is 0.368 e. The second kappa shape index (κ2) is 5.46. The number of aryl methyl sites for hydroxylation is 1. The summed E-state index contributed by atoms with van der Waals surface area (Å²) >= 11 is 0. The van der Waals surface area contributed by atoms with E-state index in [9.17, 15) is 12.8 Å². The van der Waals surface area contributed by atoms with Gasteiger partial charge in [0.25, 0.3) is 0 Å². The number of hydrogen-bond acceptors (Lipinski definition) is 3. The van der Waals surface area contributed by atoms with Crippen LogP contribution < -0.4 is 9.62 Å². The SMILES string of the molecule is Cc1ccc(F)c(N2CCC[C@@H](NS(C)(=O)=O)C2)c1. The van der Waals surface area contributed by atoms with Gasteiger partial charge in [0.1, 0.15) is 5.82 Å². The van der Waals surface area contributed by atoms with Crippen molar-refractivity contribution in [3.63, 3.8) is 0 Å². The fraction of sp³-hybridized carbons (Fsp3) is 0.538. The lowest BCUT2D eigenvalue weighted by atomic mass is 10.1. The van der Waals surface area contributed by atoms with E-state index in [1.54, 1.807) is 12.1 Å². The summed E-state index contributed by atoms with van der Waals surface area (Å²) in [6, 6.07) is 4.84. The smallest absolute Gasteiger partial charge is 0.209 e. The summed E-state index contributed by atoms with van der Waals surface area (Å²) in [6.45, 7) is 3.18. The Hall–Kier alpha value is -1.14. The molecule has 1 aromatic carbocycles. The van der Waals surface area contributed by atoms with Gasteiger partial charge in [-0.15, -0.1) is 0 Å². The van der Waals surface area contributed by atoms with Gasteiger partial charge in [-0.2, -0.15) is 0 Å². The quantitative estimate of drug-likeness (QED) is 0.919. The molecule has 1 N–H and O–H groups in total. The molecule has 2 rings (SSSR count). The van der Waals surface area contributed by atoms with Gasteiger partial charge in [-0.1, -0.05) is 6.07 Å². The van der Waals surface area contributed by atoms with Crippen LogP contribution in [0.1, 0.15) is 18.4 Å². The van der Waals surface area contributed by atoms with E-state index in [0.717, 1.165) is 31.2 Å². The van der Waals surface area contributed by atoms with Crippen LogP contribution in [0.15, 0.2) is 18.2 Å². The maximum Gasteiger partial charge on any atom is 0.209 e. The number of hydrogen-bond donors (Lipinski definition) is 1. The van der Waals surface area contributed by atoms with Gasteiger partial charge in [-0.3, -0.25) is 0 Å².